The summed E-state index contributed by atoms with van der Waals surface area (Å²) >= 11 is 5.92. The molecule has 1 aliphatic heterocycles. The Balaban J connectivity index is 1.42. The Morgan fingerprint density at radius 1 is 1.17 bits per heavy atom. The molecule has 23 heavy (non-hydrogen) atoms. The molecule has 2 aliphatic rings. The Morgan fingerprint density at radius 2 is 1.91 bits per heavy atom. The zero-order valence-electron chi connectivity index (χ0n) is 13.1. The van der Waals surface area contributed by atoms with Gasteiger partial charge in [-0.2, -0.15) is 0 Å². The second kappa shape index (κ2) is 7.21. The molecule has 0 atom stereocenters. The van der Waals surface area contributed by atoms with Gasteiger partial charge in [0.05, 0.1) is 0 Å². The number of nitrogens with one attached hydrogen (secondary N) is 2. The average molecular weight is 336 g/mol. The van der Waals surface area contributed by atoms with E-state index >= 15 is 0 Å². The lowest BCUT2D eigenvalue weighted by atomic mass is 9.93. The van der Waals surface area contributed by atoms with Crippen molar-refractivity contribution in [2.75, 3.05) is 18.4 Å². The van der Waals surface area contributed by atoms with E-state index in [1.54, 1.807) is 17.0 Å². The van der Waals surface area contributed by atoms with Crippen molar-refractivity contribution in [2.24, 2.45) is 5.92 Å². The van der Waals surface area contributed by atoms with Gasteiger partial charge in [-0.05, 0) is 49.8 Å². The third-order valence-corrected chi connectivity index (χ3v) is 4.63. The minimum Gasteiger partial charge on any atom is -0.353 e. The summed E-state index contributed by atoms with van der Waals surface area (Å²) in [6.45, 7) is 1.38. The van der Waals surface area contributed by atoms with Crippen molar-refractivity contribution in [3.05, 3.63) is 29.3 Å². The van der Waals surface area contributed by atoms with Crippen LogP contribution in [0.25, 0.3) is 0 Å². The number of nitrogens with zero attached hydrogens (tertiary/aromatic N) is 1. The van der Waals surface area contributed by atoms with Gasteiger partial charge in [-0.1, -0.05) is 17.7 Å². The standard InChI is InChI=1S/C17H22ClN3O2/c18-13-2-1-3-15(11-13)20-17(23)21-8-6-12(7-9-21)10-16(22)19-14-4-5-14/h1-3,11-12,14H,4-10H2,(H,19,22)(H,20,23). The van der Waals surface area contributed by atoms with Gasteiger partial charge < -0.3 is 15.5 Å². The van der Waals surface area contributed by atoms with Crippen LogP contribution in [0.5, 0.6) is 0 Å². The lowest BCUT2D eigenvalue weighted by Gasteiger charge is -2.31. The Hall–Kier alpha value is -1.75. The Morgan fingerprint density at radius 3 is 2.57 bits per heavy atom. The largest absolute Gasteiger partial charge is 0.353 e. The van der Waals surface area contributed by atoms with Gasteiger partial charge in [-0.25, -0.2) is 4.79 Å². The SMILES string of the molecule is O=C(CC1CCN(C(=O)Nc2cccc(Cl)c2)CC1)NC1CC1. The fourth-order valence-electron chi connectivity index (χ4n) is 2.89. The maximum Gasteiger partial charge on any atom is 0.321 e. The lowest BCUT2D eigenvalue weighted by molar-refractivity contribution is -0.122. The number of piperidine rings is 1. The number of hydrogen-bond donors (Lipinski definition) is 2. The first-order valence-electron chi connectivity index (χ1n) is 8.21. The molecule has 2 fully saturated rings. The molecule has 5 nitrogen and oxygen atoms in total. The summed E-state index contributed by atoms with van der Waals surface area (Å²) < 4.78 is 0. The van der Waals surface area contributed by atoms with Gasteiger partial charge in [-0.3, -0.25) is 4.79 Å². The molecule has 1 saturated heterocycles. The van der Waals surface area contributed by atoms with Crippen LogP contribution in [0.1, 0.15) is 32.1 Å². The smallest absolute Gasteiger partial charge is 0.321 e. The predicted octanol–water partition coefficient (Wildman–Crippen LogP) is 3.25. The van der Waals surface area contributed by atoms with Crippen molar-refractivity contribution in [3.8, 4) is 0 Å². The predicted molar refractivity (Wildman–Crippen MR) is 90.5 cm³/mol. The first-order valence-corrected chi connectivity index (χ1v) is 8.59. The molecule has 6 heteroatoms. The molecule has 0 spiro atoms. The average Bonchev–Trinajstić information content (AvgIpc) is 3.31. The van der Waals surface area contributed by atoms with Crippen LogP contribution in [0.15, 0.2) is 24.3 Å². The molecule has 1 heterocycles. The Labute approximate surface area is 141 Å². The van der Waals surface area contributed by atoms with Gasteiger partial charge in [0.15, 0.2) is 0 Å². The van der Waals surface area contributed by atoms with Crippen LogP contribution in [0, 0.1) is 5.92 Å². The highest BCUT2D eigenvalue weighted by atomic mass is 35.5. The van der Waals surface area contributed by atoms with Crippen LogP contribution in [-0.2, 0) is 4.79 Å². The summed E-state index contributed by atoms with van der Waals surface area (Å²) in [5.74, 6) is 0.540. The van der Waals surface area contributed by atoms with E-state index in [4.69, 9.17) is 11.6 Å². The summed E-state index contributed by atoms with van der Waals surface area (Å²) in [5, 5.41) is 6.49. The molecule has 2 N–H and O–H groups in total. The molecule has 1 saturated carbocycles. The highest BCUT2D eigenvalue weighted by Crippen LogP contribution is 2.23. The van der Waals surface area contributed by atoms with Gasteiger partial charge in [0.25, 0.3) is 0 Å². The zero-order valence-corrected chi connectivity index (χ0v) is 13.8. The summed E-state index contributed by atoms with van der Waals surface area (Å²) in [7, 11) is 0. The molecule has 3 amide bonds. The minimum atomic E-state index is -0.104. The van der Waals surface area contributed by atoms with E-state index in [0.29, 0.717) is 42.2 Å². The maximum atomic E-state index is 12.3. The summed E-state index contributed by atoms with van der Waals surface area (Å²) in [4.78, 5) is 25.9. The zero-order chi connectivity index (χ0) is 16.2. The maximum absolute atomic E-state index is 12.3. The Kier molecular flexibility index (Phi) is 5.06. The van der Waals surface area contributed by atoms with E-state index in [1.807, 2.05) is 12.1 Å². The van der Waals surface area contributed by atoms with E-state index in [9.17, 15) is 9.59 Å². The first kappa shape index (κ1) is 16.1. The number of urea groups is 1. The molecule has 1 aromatic rings. The second-order valence-corrected chi connectivity index (χ2v) is 6.85. The number of amides is 3. The van der Waals surface area contributed by atoms with Crippen molar-refractivity contribution in [2.45, 2.75) is 38.1 Å². The van der Waals surface area contributed by atoms with Crippen LogP contribution in [0.4, 0.5) is 10.5 Å². The van der Waals surface area contributed by atoms with Crippen molar-refractivity contribution in [1.29, 1.82) is 0 Å². The monoisotopic (exact) mass is 335 g/mol. The number of halogens is 1. The topological polar surface area (TPSA) is 61.4 Å². The molecule has 3 rings (SSSR count). The van der Waals surface area contributed by atoms with Gasteiger partial charge in [0.1, 0.15) is 0 Å². The van der Waals surface area contributed by atoms with E-state index in [1.165, 1.54) is 0 Å². The first-order chi connectivity index (χ1) is 11.1. The van der Waals surface area contributed by atoms with E-state index in [0.717, 1.165) is 25.7 Å². The van der Waals surface area contributed by atoms with Gasteiger partial charge in [0, 0.05) is 36.3 Å². The van der Waals surface area contributed by atoms with Crippen LogP contribution in [0.3, 0.4) is 0 Å². The van der Waals surface area contributed by atoms with Gasteiger partial charge in [0.2, 0.25) is 5.91 Å². The molecule has 1 aliphatic carbocycles. The van der Waals surface area contributed by atoms with Gasteiger partial charge >= 0.3 is 6.03 Å². The second-order valence-electron chi connectivity index (χ2n) is 6.42. The minimum absolute atomic E-state index is 0.104. The number of rotatable bonds is 4. The number of carbonyl (C=O) groups excluding carboxylic acids is 2. The number of likely N-dealkylation sites (tertiary alicyclic amines) is 1. The van der Waals surface area contributed by atoms with E-state index in [2.05, 4.69) is 10.6 Å². The fourth-order valence-corrected chi connectivity index (χ4v) is 3.08. The lowest BCUT2D eigenvalue weighted by Crippen LogP contribution is -2.42. The highest BCUT2D eigenvalue weighted by Gasteiger charge is 2.27. The molecule has 0 bridgehead atoms. The number of carbonyl (C=O) groups is 2. The van der Waals surface area contributed by atoms with Crippen molar-refractivity contribution >= 4 is 29.2 Å². The number of benzene rings is 1. The van der Waals surface area contributed by atoms with E-state index in [-0.39, 0.29) is 11.9 Å². The summed E-state index contributed by atoms with van der Waals surface area (Å²) in [5.41, 5.74) is 0.702. The Bertz CT molecular complexity index is 581. The quantitative estimate of drug-likeness (QED) is 0.887. The molecule has 124 valence electrons. The molecule has 0 radical (unpaired) electrons. The molecule has 0 aromatic heterocycles. The van der Waals surface area contributed by atoms with Gasteiger partial charge in [-0.15, -0.1) is 0 Å². The summed E-state index contributed by atoms with van der Waals surface area (Å²) in [6, 6.07) is 7.45. The van der Waals surface area contributed by atoms with E-state index < -0.39 is 0 Å². The van der Waals surface area contributed by atoms with Crippen LogP contribution in [0.2, 0.25) is 5.02 Å². The molecule has 0 unspecified atom stereocenters. The number of hydrogen-bond acceptors (Lipinski definition) is 2. The summed E-state index contributed by atoms with van der Waals surface area (Å²) in [6.07, 6.45) is 4.57. The highest BCUT2D eigenvalue weighted by molar-refractivity contribution is 6.30. The fraction of sp³-hybridized carbons (Fsp3) is 0.529. The van der Waals surface area contributed by atoms with Crippen LogP contribution in [-0.4, -0.2) is 36.0 Å². The van der Waals surface area contributed by atoms with Crippen molar-refractivity contribution < 1.29 is 9.59 Å². The van der Waals surface area contributed by atoms with Crippen LogP contribution < -0.4 is 10.6 Å². The third kappa shape index (κ3) is 4.86. The van der Waals surface area contributed by atoms with Crippen molar-refractivity contribution in [1.82, 2.24) is 10.2 Å². The molecule has 1 aromatic carbocycles. The van der Waals surface area contributed by atoms with Crippen molar-refractivity contribution in [3.63, 3.8) is 0 Å². The molecular formula is C17H22ClN3O2. The number of anilines is 1. The van der Waals surface area contributed by atoms with Crippen LogP contribution >= 0.6 is 11.6 Å². The molecular weight excluding hydrogens is 314 g/mol. The third-order valence-electron chi connectivity index (χ3n) is 4.39. The normalized spacial score (nSPS) is 18.6.